The summed E-state index contributed by atoms with van der Waals surface area (Å²) < 4.78 is 29.0. The normalized spacial score (nSPS) is 19.4. The predicted octanol–water partition coefficient (Wildman–Crippen LogP) is 0.0660. The van der Waals surface area contributed by atoms with Gasteiger partial charge < -0.3 is 15.5 Å². The largest absolute Gasteiger partial charge is 0.409 e. The summed E-state index contributed by atoms with van der Waals surface area (Å²) in [6, 6.07) is 0. The number of nitrogens with two attached hydrogens (primary N) is 1. The number of rotatable bonds is 4. The fraction of sp³-hybridized carbons (Fsp3) is 0.636. The molecule has 4 N–H and O–H groups in total. The van der Waals surface area contributed by atoms with E-state index in [0.29, 0.717) is 18.7 Å². The number of oxime groups is 1. The van der Waals surface area contributed by atoms with Crippen molar-refractivity contribution in [2.24, 2.45) is 17.9 Å². The maximum atomic E-state index is 12.4. The molecule has 2 rings (SSSR count). The van der Waals surface area contributed by atoms with Gasteiger partial charge >= 0.3 is 0 Å². The van der Waals surface area contributed by atoms with Gasteiger partial charge in [-0.25, -0.2) is 13.4 Å². The molecule has 1 aromatic heterocycles. The fourth-order valence-electron chi connectivity index (χ4n) is 2.45. The molecule has 0 aromatic carbocycles. The molecule has 112 valence electrons. The second-order valence-corrected chi connectivity index (χ2v) is 6.75. The molecule has 0 saturated heterocycles. The highest BCUT2D eigenvalue weighted by Gasteiger charge is 2.42. The third kappa shape index (κ3) is 2.50. The highest BCUT2D eigenvalue weighted by molar-refractivity contribution is 7.89. The van der Waals surface area contributed by atoms with Gasteiger partial charge in [-0.2, -0.15) is 4.72 Å². The number of amidine groups is 1. The molecule has 1 saturated carbocycles. The van der Waals surface area contributed by atoms with E-state index < -0.39 is 15.6 Å². The van der Waals surface area contributed by atoms with Gasteiger partial charge in [0.1, 0.15) is 5.82 Å². The Labute approximate surface area is 117 Å². The summed E-state index contributed by atoms with van der Waals surface area (Å²) in [7, 11) is -2.09. The number of hydrogen-bond donors (Lipinski definition) is 3. The number of hydrogen-bond acceptors (Lipinski definition) is 5. The van der Waals surface area contributed by atoms with E-state index in [0.717, 1.165) is 12.8 Å². The number of aromatic nitrogens is 2. The van der Waals surface area contributed by atoms with Crippen molar-refractivity contribution in [1.29, 1.82) is 0 Å². The highest BCUT2D eigenvalue weighted by Crippen LogP contribution is 2.31. The van der Waals surface area contributed by atoms with Crippen molar-refractivity contribution in [3.05, 3.63) is 12.0 Å². The quantitative estimate of drug-likeness (QED) is 0.314. The minimum absolute atomic E-state index is 0.0606. The van der Waals surface area contributed by atoms with Crippen LogP contribution in [-0.4, -0.2) is 34.6 Å². The van der Waals surface area contributed by atoms with E-state index in [1.54, 1.807) is 18.5 Å². The fourth-order valence-corrected chi connectivity index (χ4v) is 3.93. The van der Waals surface area contributed by atoms with E-state index in [2.05, 4.69) is 14.9 Å². The first kappa shape index (κ1) is 14.8. The Hall–Kier alpha value is -1.61. The summed E-state index contributed by atoms with van der Waals surface area (Å²) in [4.78, 5) is 4.01. The van der Waals surface area contributed by atoms with Gasteiger partial charge in [0.2, 0.25) is 0 Å². The molecule has 0 atom stereocenters. The molecule has 0 bridgehead atoms. The van der Waals surface area contributed by atoms with Gasteiger partial charge in [-0.3, -0.25) is 0 Å². The lowest BCUT2D eigenvalue weighted by atomic mass is 9.98. The molecule has 1 fully saturated rings. The van der Waals surface area contributed by atoms with Gasteiger partial charge in [-0.05, 0) is 19.8 Å². The molecule has 8 nitrogen and oxygen atoms in total. The van der Waals surface area contributed by atoms with Gasteiger partial charge in [0, 0.05) is 13.2 Å². The van der Waals surface area contributed by atoms with Crippen LogP contribution in [0.15, 0.2) is 16.4 Å². The Bertz CT molecular complexity index is 609. The smallest absolute Gasteiger partial charge is 0.260 e. The zero-order valence-corrected chi connectivity index (χ0v) is 12.3. The highest BCUT2D eigenvalue weighted by atomic mass is 32.2. The maximum absolute atomic E-state index is 12.4. The van der Waals surface area contributed by atoms with Crippen molar-refractivity contribution < 1.29 is 13.6 Å². The van der Waals surface area contributed by atoms with Crippen molar-refractivity contribution in [2.45, 2.75) is 43.2 Å². The lowest BCUT2D eigenvalue weighted by Crippen LogP contribution is -2.55. The summed E-state index contributed by atoms with van der Waals surface area (Å²) in [6.07, 6.45) is 4.09. The van der Waals surface area contributed by atoms with Crippen LogP contribution in [0, 0.1) is 6.92 Å². The summed E-state index contributed by atoms with van der Waals surface area (Å²) in [6.45, 7) is 1.72. The van der Waals surface area contributed by atoms with Gasteiger partial charge in [-0.15, -0.1) is 0 Å². The zero-order valence-electron chi connectivity index (χ0n) is 11.5. The van der Waals surface area contributed by atoms with Crippen LogP contribution in [0.1, 0.15) is 31.5 Å². The minimum Gasteiger partial charge on any atom is -0.409 e. The lowest BCUT2D eigenvalue weighted by molar-refractivity contribution is 0.309. The average molecular weight is 301 g/mol. The van der Waals surface area contributed by atoms with Crippen LogP contribution in [0.5, 0.6) is 0 Å². The Morgan fingerprint density at radius 2 is 2.15 bits per heavy atom. The Morgan fingerprint density at radius 1 is 1.55 bits per heavy atom. The van der Waals surface area contributed by atoms with Crippen LogP contribution in [0.4, 0.5) is 0 Å². The summed E-state index contributed by atoms with van der Waals surface area (Å²) >= 11 is 0. The first-order chi connectivity index (χ1) is 9.31. The molecular weight excluding hydrogens is 282 g/mol. The molecule has 1 aliphatic carbocycles. The monoisotopic (exact) mass is 301 g/mol. The van der Waals surface area contributed by atoms with Crippen LogP contribution < -0.4 is 10.5 Å². The topological polar surface area (TPSA) is 123 Å². The molecular formula is C11H19N5O3S. The molecule has 0 amide bonds. The first-order valence-corrected chi connectivity index (χ1v) is 7.81. The van der Waals surface area contributed by atoms with Crippen molar-refractivity contribution in [3.63, 3.8) is 0 Å². The van der Waals surface area contributed by atoms with Crippen LogP contribution in [0.2, 0.25) is 0 Å². The summed E-state index contributed by atoms with van der Waals surface area (Å²) in [5.74, 6) is 0.487. The number of sulfonamides is 1. The van der Waals surface area contributed by atoms with Crippen molar-refractivity contribution in [1.82, 2.24) is 14.3 Å². The van der Waals surface area contributed by atoms with Gasteiger partial charge in [0.25, 0.3) is 10.0 Å². The van der Waals surface area contributed by atoms with Crippen LogP contribution in [-0.2, 0) is 17.1 Å². The van der Waals surface area contributed by atoms with E-state index in [1.165, 1.54) is 6.20 Å². The van der Waals surface area contributed by atoms with Crippen LogP contribution >= 0.6 is 0 Å². The average Bonchev–Trinajstić information content (AvgIpc) is 2.97. The van der Waals surface area contributed by atoms with Crippen molar-refractivity contribution in [2.75, 3.05) is 0 Å². The number of imidazole rings is 1. The van der Waals surface area contributed by atoms with Gasteiger partial charge in [0.05, 0.1) is 5.54 Å². The molecule has 0 spiro atoms. The Morgan fingerprint density at radius 3 is 2.60 bits per heavy atom. The van der Waals surface area contributed by atoms with Crippen molar-refractivity contribution >= 4 is 15.9 Å². The van der Waals surface area contributed by atoms with E-state index in [4.69, 9.17) is 10.9 Å². The molecule has 0 radical (unpaired) electrons. The van der Waals surface area contributed by atoms with Crippen LogP contribution in [0.25, 0.3) is 0 Å². The maximum Gasteiger partial charge on any atom is 0.260 e. The molecule has 20 heavy (non-hydrogen) atoms. The minimum atomic E-state index is -3.81. The third-order valence-corrected chi connectivity index (χ3v) is 5.15. The molecule has 1 heterocycles. The molecule has 0 aliphatic heterocycles. The molecule has 1 aromatic rings. The first-order valence-electron chi connectivity index (χ1n) is 6.33. The molecule has 0 unspecified atom stereocenters. The zero-order chi connectivity index (χ0) is 15.0. The molecule has 1 aliphatic rings. The Balaban J connectivity index is 2.35. The molecule has 9 heteroatoms. The summed E-state index contributed by atoms with van der Waals surface area (Å²) in [5, 5.41) is 11.8. The summed E-state index contributed by atoms with van der Waals surface area (Å²) in [5.41, 5.74) is 4.67. The second-order valence-electron chi connectivity index (χ2n) is 5.12. The van der Waals surface area contributed by atoms with E-state index in [-0.39, 0.29) is 10.9 Å². The SMILES string of the molecule is Cc1nc(S(=O)(=O)NC2(C(N)=NO)CCCC2)cn1C. The standard InChI is InChI=1S/C11H19N5O3S/c1-8-13-9(7-16(8)2)20(18,19)15-11(10(12)14-17)5-3-4-6-11/h7,15,17H,3-6H2,1-2H3,(H2,12,14). The second kappa shape index (κ2) is 5.06. The van der Waals surface area contributed by atoms with Gasteiger partial charge in [0.15, 0.2) is 10.9 Å². The third-order valence-electron chi connectivity index (χ3n) is 3.75. The number of nitrogens with zero attached hydrogens (tertiary/aromatic N) is 3. The van der Waals surface area contributed by atoms with E-state index >= 15 is 0 Å². The number of nitrogens with one attached hydrogen (secondary N) is 1. The lowest BCUT2D eigenvalue weighted by Gasteiger charge is -2.27. The predicted molar refractivity (Wildman–Crippen MR) is 72.9 cm³/mol. The van der Waals surface area contributed by atoms with E-state index in [9.17, 15) is 8.42 Å². The van der Waals surface area contributed by atoms with Crippen LogP contribution in [0.3, 0.4) is 0 Å². The van der Waals surface area contributed by atoms with Crippen molar-refractivity contribution in [3.8, 4) is 0 Å². The van der Waals surface area contributed by atoms with Gasteiger partial charge in [-0.1, -0.05) is 18.0 Å². The van der Waals surface area contributed by atoms with E-state index in [1.807, 2.05) is 0 Å². The number of aryl methyl sites for hydroxylation is 2. The Kier molecular flexibility index (Phi) is 3.74.